The van der Waals surface area contributed by atoms with Crippen LogP contribution in [-0.4, -0.2) is 43.5 Å². The Bertz CT molecular complexity index is 2000. The van der Waals surface area contributed by atoms with Crippen molar-refractivity contribution in [1.82, 2.24) is 9.13 Å². The third-order valence-electron chi connectivity index (χ3n) is 8.07. The van der Waals surface area contributed by atoms with Crippen molar-refractivity contribution < 1.29 is 20.1 Å². The van der Waals surface area contributed by atoms with Crippen molar-refractivity contribution in [3.05, 3.63) is 146 Å². The van der Waals surface area contributed by atoms with Crippen LogP contribution in [0.3, 0.4) is 0 Å². The molecule has 0 aliphatic heterocycles. The molecule has 44 heavy (non-hydrogen) atoms. The molecule has 0 bridgehead atoms. The molecule has 2 aromatic heterocycles. The minimum atomic E-state index is -1.50. The van der Waals surface area contributed by atoms with E-state index in [0.29, 0.717) is 10.9 Å². The van der Waals surface area contributed by atoms with Gasteiger partial charge in [0.2, 0.25) is 0 Å². The summed E-state index contributed by atoms with van der Waals surface area (Å²) in [5.74, 6) is 0. The summed E-state index contributed by atoms with van der Waals surface area (Å²) >= 11 is 0. The van der Waals surface area contributed by atoms with E-state index >= 15 is 0 Å². The van der Waals surface area contributed by atoms with Gasteiger partial charge in [0.1, 0.15) is 0 Å². The molecule has 4 N–H and O–H groups in total. The van der Waals surface area contributed by atoms with Crippen molar-refractivity contribution in [2.75, 3.05) is 0 Å². The number of rotatable bonds is 4. The zero-order valence-electron chi connectivity index (χ0n) is 23.7. The van der Waals surface area contributed by atoms with Crippen LogP contribution in [0.1, 0.15) is 0 Å². The van der Waals surface area contributed by atoms with Gasteiger partial charge >= 0.3 is 14.2 Å². The van der Waals surface area contributed by atoms with E-state index in [4.69, 9.17) is 0 Å². The molecule has 0 atom stereocenters. The molecular weight excluding hydrogens is 546 g/mol. The Hall–Kier alpha value is -5.11. The molecule has 0 aliphatic rings. The van der Waals surface area contributed by atoms with Crippen molar-refractivity contribution in [2.45, 2.75) is 0 Å². The van der Waals surface area contributed by atoms with E-state index in [9.17, 15) is 20.1 Å². The van der Waals surface area contributed by atoms with Crippen molar-refractivity contribution in [1.29, 1.82) is 0 Å². The molecule has 8 aromatic rings. The first kappa shape index (κ1) is 27.7. The Labute approximate surface area is 254 Å². The smallest absolute Gasteiger partial charge is 0.423 e. The Morgan fingerprint density at radius 1 is 0.318 bits per heavy atom. The van der Waals surface area contributed by atoms with Crippen LogP contribution in [0.5, 0.6) is 0 Å². The Morgan fingerprint density at radius 2 is 0.568 bits per heavy atom. The summed E-state index contributed by atoms with van der Waals surface area (Å²) in [6, 6.07) is 47.4. The van der Waals surface area contributed by atoms with Gasteiger partial charge in [-0.2, -0.15) is 0 Å². The van der Waals surface area contributed by atoms with E-state index in [1.807, 2.05) is 84.9 Å². The molecule has 0 fully saturated rings. The van der Waals surface area contributed by atoms with Gasteiger partial charge in [-0.25, -0.2) is 0 Å². The lowest BCUT2D eigenvalue weighted by Gasteiger charge is -2.12. The molecule has 8 rings (SSSR count). The fourth-order valence-corrected chi connectivity index (χ4v) is 6.18. The summed E-state index contributed by atoms with van der Waals surface area (Å²) in [4.78, 5) is 0. The first-order valence-corrected chi connectivity index (χ1v) is 14.4. The number of benzene rings is 6. The van der Waals surface area contributed by atoms with Crippen LogP contribution in [0, 0.1) is 0 Å². The molecule has 0 amide bonds. The summed E-state index contributed by atoms with van der Waals surface area (Å²) in [6.07, 6.45) is 0. The van der Waals surface area contributed by atoms with Gasteiger partial charge in [-0.3, -0.25) is 0 Å². The molecular formula is C36H28B2N2O4. The van der Waals surface area contributed by atoms with Gasteiger partial charge in [0.15, 0.2) is 0 Å². The molecule has 6 nitrogen and oxygen atoms in total. The van der Waals surface area contributed by atoms with Crippen LogP contribution in [0.15, 0.2) is 146 Å². The highest BCUT2D eigenvalue weighted by atomic mass is 16.4. The standard InChI is InChI=1S/2C18H14BNO2/c2*21-19(22)15-9-3-6-12-18(15)20-16-10-4-1-7-13(16)14-8-2-5-11-17(14)20/h2*1-12,21-22H. The molecule has 212 valence electrons. The summed E-state index contributed by atoms with van der Waals surface area (Å²) < 4.78 is 4.17. The Morgan fingerprint density at radius 3 is 0.864 bits per heavy atom. The molecule has 0 radical (unpaired) electrons. The lowest BCUT2D eigenvalue weighted by molar-refractivity contribution is 0.424. The molecule has 0 unspecified atom stereocenters. The SMILES string of the molecule is OB(O)c1ccccc1-n1c2ccccc2c2ccccc21.OB(O)c1ccccc1-n1c2ccccc2c2ccccc21. The van der Waals surface area contributed by atoms with Crippen LogP contribution in [0.4, 0.5) is 0 Å². The molecule has 2 heterocycles. The molecule has 0 saturated carbocycles. The summed E-state index contributed by atoms with van der Waals surface area (Å²) in [5.41, 5.74) is 6.77. The van der Waals surface area contributed by atoms with Crippen LogP contribution in [0.2, 0.25) is 0 Å². The molecule has 6 aromatic carbocycles. The second-order valence-electron chi connectivity index (χ2n) is 10.6. The summed E-state index contributed by atoms with van der Waals surface area (Å²) in [6.45, 7) is 0. The number of fused-ring (bicyclic) bond motifs is 6. The lowest BCUT2D eigenvalue weighted by Crippen LogP contribution is -2.33. The van der Waals surface area contributed by atoms with E-state index < -0.39 is 14.2 Å². The van der Waals surface area contributed by atoms with Crippen molar-refractivity contribution in [3.8, 4) is 11.4 Å². The average Bonchev–Trinajstić information content (AvgIpc) is 3.58. The first-order chi connectivity index (χ1) is 21.5. The predicted octanol–water partition coefficient (Wildman–Crippen LogP) is 4.93. The number of nitrogens with zero attached hydrogens (tertiary/aromatic N) is 2. The van der Waals surface area contributed by atoms with Crippen molar-refractivity contribution in [2.24, 2.45) is 0 Å². The van der Waals surface area contributed by atoms with Gasteiger partial charge in [0.05, 0.1) is 22.1 Å². The van der Waals surface area contributed by atoms with Gasteiger partial charge in [0.25, 0.3) is 0 Å². The van der Waals surface area contributed by atoms with Crippen molar-refractivity contribution in [3.63, 3.8) is 0 Å². The molecule has 0 spiro atoms. The topological polar surface area (TPSA) is 90.8 Å². The Balaban J connectivity index is 0.000000142. The van der Waals surface area contributed by atoms with Crippen LogP contribution < -0.4 is 10.9 Å². The van der Waals surface area contributed by atoms with Gasteiger partial charge in [-0.15, -0.1) is 0 Å². The van der Waals surface area contributed by atoms with E-state index in [1.165, 1.54) is 0 Å². The molecule has 8 heteroatoms. The predicted molar refractivity (Wildman–Crippen MR) is 181 cm³/mol. The maximum atomic E-state index is 9.69. The molecule has 0 saturated heterocycles. The maximum Gasteiger partial charge on any atom is 0.490 e. The van der Waals surface area contributed by atoms with Crippen molar-refractivity contribution >= 4 is 68.8 Å². The third kappa shape index (κ3) is 4.67. The third-order valence-corrected chi connectivity index (χ3v) is 8.07. The largest absolute Gasteiger partial charge is 0.490 e. The number of hydrogen-bond acceptors (Lipinski definition) is 4. The normalized spacial score (nSPS) is 11.2. The number of hydrogen-bond donors (Lipinski definition) is 4. The summed E-state index contributed by atoms with van der Waals surface area (Å²) in [5, 5.41) is 43.4. The minimum absolute atomic E-state index is 0.494. The average molecular weight is 574 g/mol. The fraction of sp³-hybridized carbons (Fsp3) is 0. The fourth-order valence-electron chi connectivity index (χ4n) is 6.18. The molecule has 0 aliphatic carbocycles. The van der Waals surface area contributed by atoms with E-state index in [-0.39, 0.29) is 0 Å². The second-order valence-corrected chi connectivity index (χ2v) is 10.6. The van der Waals surface area contributed by atoms with Gasteiger partial charge < -0.3 is 29.2 Å². The zero-order chi connectivity index (χ0) is 30.2. The van der Waals surface area contributed by atoms with E-state index in [1.54, 1.807) is 12.1 Å². The highest BCUT2D eigenvalue weighted by Gasteiger charge is 2.21. The van der Waals surface area contributed by atoms with Gasteiger partial charge in [-0.1, -0.05) is 109 Å². The quantitative estimate of drug-likeness (QED) is 0.225. The number of para-hydroxylation sites is 6. The minimum Gasteiger partial charge on any atom is -0.423 e. The van der Waals surface area contributed by atoms with Crippen LogP contribution in [-0.2, 0) is 0 Å². The first-order valence-electron chi connectivity index (χ1n) is 14.4. The monoisotopic (exact) mass is 574 g/mol. The number of aromatic nitrogens is 2. The second kappa shape index (κ2) is 11.5. The maximum absolute atomic E-state index is 9.69. The summed E-state index contributed by atoms with van der Waals surface area (Å²) in [7, 11) is -3.01. The zero-order valence-corrected chi connectivity index (χ0v) is 23.7. The highest BCUT2D eigenvalue weighted by molar-refractivity contribution is 6.60. The van der Waals surface area contributed by atoms with Gasteiger partial charge in [-0.05, 0) is 36.4 Å². The lowest BCUT2D eigenvalue weighted by atomic mass is 9.79. The Kier molecular flexibility index (Phi) is 7.26. The van der Waals surface area contributed by atoms with E-state index in [0.717, 1.165) is 55.0 Å². The van der Waals surface area contributed by atoms with Crippen LogP contribution in [0.25, 0.3) is 55.0 Å². The van der Waals surface area contributed by atoms with Crippen LogP contribution >= 0.6 is 0 Å². The van der Waals surface area contributed by atoms with E-state index in [2.05, 4.69) is 57.7 Å². The highest BCUT2D eigenvalue weighted by Crippen LogP contribution is 2.32. The van der Waals surface area contributed by atoms with Gasteiger partial charge in [0, 0.05) is 43.8 Å².